The van der Waals surface area contributed by atoms with Gasteiger partial charge in [-0.3, -0.25) is 4.79 Å². The average Bonchev–Trinajstić information content (AvgIpc) is 2.79. The minimum atomic E-state index is 0.0203. The quantitative estimate of drug-likeness (QED) is 0.769. The summed E-state index contributed by atoms with van der Waals surface area (Å²) in [6.45, 7) is 2.77. The van der Waals surface area contributed by atoms with Crippen molar-refractivity contribution < 1.29 is 9.53 Å². The maximum atomic E-state index is 12.0. The molecule has 0 bridgehead atoms. The van der Waals surface area contributed by atoms with E-state index in [0.717, 1.165) is 22.6 Å². The van der Waals surface area contributed by atoms with Crippen molar-refractivity contribution >= 4 is 28.5 Å². The number of aromatic nitrogens is 2. The molecule has 1 aromatic heterocycles. The highest BCUT2D eigenvalue weighted by Crippen LogP contribution is 2.26. The van der Waals surface area contributed by atoms with Crippen LogP contribution in [0.25, 0.3) is 11.0 Å². The summed E-state index contributed by atoms with van der Waals surface area (Å²) in [7, 11) is 3.49. The molecule has 1 aromatic carbocycles. The zero-order chi connectivity index (χ0) is 15.4. The van der Waals surface area contributed by atoms with Gasteiger partial charge in [-0.2, -0.15) is 0 Å². The Labute approximate surface area is 129 Å². The number of likely N-dealkylation sites (N-methyl/N-ethyl adjacent to an activating group) is 1. The maximum Gasteiger partial charge on any atom is 0.242 e. The zero-order valence-electron chi connectivity index (χ0n) is 12.6. The molecule has 0 atom stereocenters. The maximum absolute atomic E-state index is 12.0. The Morgan fingerprint density at radius 1 is 1.43 bits per heavy atom. The van der Waals surface area contributed by atoms with Crippen LogP contribution in [0.3, 0.4) is 0 Å². The van der Waals surface area contributed by atoms with E-state index in [0.29, 0.717) is 18.9 Å². The summed E-state index contributed by atoms with van der Waals surface area (Å²) in [5.74, 6) is 2.03. The van der Waals surface area contributed by atoms with Crippen LogP contribution in [0.1, 0.15) is 12.7 Å². The lowest BCUT2D eigenvalue weighted by atomic mass is 10.3. The van der Waals surface area contributed by atoms with Crippen LogP contribution in [0.5, 0.6) is 5.75 Å². The molecule has 0 aliphatic carbocycles. The van der Waals surface area contributed by atoms with Gasteiger partial charge in [-0.1, -0.05) is 6.07 Å². The van der Waals surface area contributed by atoms with Gasteiger partial charge >= 0.3 is 0 Å². The van der Waals surface area contributed by atoms with E-state index < -0.39 is 0 Å². The lowest BCUT2D eigenvalue weighted by Gasteiger charge is -2.13. The van der Waals surface area contributed by atoms with E-state index in [2.05, 4.69) is 4.98 Å². The largest absolute Gasteiger partial charge is 0.492 e. The number of carbonyl (C=O) groups is 1. The van der Waals surface area contributed by atoms with E-state index in [1.165, 1.54) is 0 Å². The molecular weight excluding hydrogens is 290 g/mol. The van der Waals surface area contributed by atoms with Crippen LogP contribution in [-0.2, 0) is 17.8 Å². The molecule has 6 heteroatoms. The van der Waals surface area contributed by atoms with Gasteiger partial charge in [0.2, 0.25) is 5.91 Å². The van der Waals surface area contributed by atoms with Crippen molar-refractivity contribution in [1.82, 2.24) is 14.5 Å². The number of carbonyl (C=O) groups excluding carboxylic acids is 1. The molecule has 2 rings (SSSR count). The molecule has 5 nitrogen and oxygen atoms in total. The van der Waals surface area contributed by atoms with Crippen LogP contribution in [0.15, 0.2) is 18.2 Å². The molecule has 0 fully saturated rings. The second-order valence-corrected chi connectivity index (χ2v) is 5.28. The first kappa shape index (κ1) is 15.6. The lowest BCUT2D eigenvalue weighted by Crippen LogP contribution is -2.27. The van der Waals surface area contributed by atoms with Gasteiger partial charge in [-0.15, -0.1) is 11.6 Å². The molecule has 0 unspecified atom stereocenters. The summed E-state index contributed by atoms with van der Waals surface area (Å²) >= 11 is 5.86. The van der Waals surface area contributed by atoms with Crippen LogP contribution >= 0.6 is 11.6 Å². The zero-order valence-corrected chi connectivity index (χ0v) is 13.4. The van der Waals surface area contributed by atoms with Crippen molar-refractivity contribution in [3.05, 3.63) is 24.0 Å². The van der Waals surface area contributed by atoms with Gasteiger partial charge < -0.3 is 14.2 Å². The Bertz CT molecular complexity index is 637. The minimum Gasteiger partial charge on any atom is -0.492 e. The molecule has 0 saturated carbocycles. The lowest BCUT2D eigenvalue weighted by molar-refractivity contribution is -0.129. The first-order chi connectivity index (χ1) is 10.1. The standard InChI is InChI=1S/C15H20ClN3O2/c1-4-21-12-7-5-6-11-15(12)17-13(8-9-16)19(11)10-14(20)18(2)3/h5-7H,4,8-10H2,1-3H3. The highest BCUT2D eigenvalue weighted by atomic mass is 35.5. The molecule has 1 amide bonds. The van der Waals surface area contributed by atoms with Crippen molar-refractivity contribution in [2.75, 3.05) is 26.6 Å². The van der Waals surface area contributed by atoms with Gasteiger partial charge in [0.15, 0.2) is 0 Å². The number of para-hydroxylation sites is 1. The van der Waals surface area contributed by atoms with Crippen LogP contribution in [0.2, 0.25) is 0 Å². The Morgan fingerprint density at radius 3 is 2.81 bits per heavy atom. The Balaban J connectivity index is 2.52. The van der Waals surface area contributed by atoms with Gasteiger partial charge in [0.05, 0.1) is 12.1 Å². The monoisotopic (exact) mass is 309 g/mol. The molecular formula is C15H20ClN3O2. The van der Waals surface area contributed by atoms with Crippen molar-refractivity contribution in [3.63, 3.8) is 0 Å². The SMILES string of the molecule is CCOc1cccc2c1nc(CCCl)n2CC(=O)N(C)C. The summed E-state index contributed by atoms with van der Waals surface area (Å²) in [5.41, 5.74) is 1.68. The fourth-order valence-electron chi connectivity index (χ4n) is 2.17. The highest BCUT2D eigenvalue weighted by molar-refractivity contribution is 6.17. The number of imidazole rings is 1. The van der Waals surface area contributed by atoms with E-state index in [9.17, 15) is 4.79 Å². The number of benzene rings is 1. The Hall–Kier alpha value is -1.75. The first-order valence-electron chi connectivity index (χ1n) is 6.95. The summed E-state index contributed by atoms with van der Waals surface area (Å²) < 4.78 is 7.53. The molecule has 0 aliphatic heterocycles. The van der Waals surface area contributed by atoms with Gasteiger partial charge in [0, 0.05) is 26.4 Å². The Morgan fingerprint density at radius 2 is 2.19 bits per heavy atom. The van der Waals surface area contributed by atoms with E-state index in [-0.39, 0.29) is 12.5 Å². The number of hydrogen-bond donors (Lipinski definition) is 0. The van der Waals surface area contributed by atoms with Gasteiger partial charge in [-0.25, -0.2) is 4.98 Å². The van der Waals surface area contributed by atoms with Crippen molar-refractivity contribution in [2.45, 2.75) is 19.9 Å². The number of fused-ring (bicyclic) bond motifs is 1. The fraction of sp³-hybridized carbons (Fsp3) is 0.467. The summed E-state index contributed by atoms with van der Waals surface area (Å²) in [5, 5.41) is 0. The second-order valence-electron chi connectivity index (χ2n) is 4.90. The van der Waals surface area contributed by atoms with Crippen LogP contribution < -0.4 is 4.74 Å². The number of rotatable bonds is 6. The molecule has 1 heterocycles. The number of ether oxygens (including phenoxy) is 1. The first-order valence-corrected chi connectivity index (χ1v) is 7.49. The number of alkyl halides is 1. The third-order valence-corrected chi connectivity index (χ3v) is 3.42. The number of nitrogens with zero attached hydrogens (tertiary/aromatic N) is 3. The summed E-state index contributed by atoms with van der Waals surface area (Å²) in [6, 6.07) is 5.75. The van der Waals surface area contributed by atoms with E-state index in [1.54, 1.807) is 19.0 Å². The average molecular weight is 310 g/mol. The topological polar surface area (TPSA) is 47.4 Å². The number of hydrogen-bond acceptors (Lipinski definition) is 3. The third kappa shape index (κ3) is 3.29. The molecule has 0 saturated heterocycles. The number of halogens is 1. The summed E-state index contributed by atoms with van der Waals surface area (Å²) in [4.78, 5) is 18.2. The molecule has 0 aliphatic rings. The second kappa shape index (κ2) is 6.80. The van der Waals surface area contributed by atoms with Crippen LogP contribution in [0, 0.1) is 0 Å². The van der Waals surface area contributed by atoms with Crippen LogP contribution in [-0.4, -0.2) is 46.9 Å². The van der Waals surface area contributed by atoms with E-state index in [1.807, 2.05) is 29.7 Å². The molecule has 0 N–H and O–H groups in total. The molecule has 0 spiro atoms. The fourth-order valence-corrected chi connectivity index (χ4v) is 2.34. The minimum absolute atomic E-state index is 0.0203. The van der Waals surface area contributed by atoms with E-state index >= 15 is 0 Å². The van der Waals surface area contributed by atoms with Gasteiger partial charge in [-0.05, 0) is 19.1 Å². The number of amides is 1. The highest BCUT2D eigenvalue weighted by Gasteiger charge is 2.16. The smallest absolute Gasteiger partial charge is 0.242 e. The third-order valence-electron chi connectivity index (χ3n) is 3.23. The predicted octanol–water partition coefficient (Wildman–Crippen LogP) is 2.30. The normalized spacial score (nSPS) is 10.9. The number of aryl methyl sites for hydroxylation is 1. The molecule has 114 valence electrons. The Kier molecular flexibility index (Phi) is 5.07. The predicted molar refractivity (Wildman–Crippen MR) is 84.0 cm³/mol. The van der Waals surface area contributed by atoms with Crippen molar-refractivity contribution in [2.24, 2.45) is 0 Å². The van der Waals surface area contributed by atoms with Gasteiger partial charge in [0.25, 0.3) is 0 Å². The van der Waals surface area contributed by atoms with Gasteiger partial charge in [0.1, 0.15) is 23.6 Å². The van der Waals surface area contributed by atoms with Crippen molar-refractivity contribution in [3.8, 4) is 5.75 Å². The molecule has 21 heavy (non-hydrogen) atoms. The molecule has 0 radical (unpaired) electrons. The van der Waals surface area contributed by atoms with Crippen molar-refractivity contribution in [1.29, 1.82) is 0 Å². The molecule has 2 aromatic rings. The van der Waals surface area contributed by atoms with E-state index in [4.69, 9.17) is 16.3 Å². The summed E-state index contributed by atoms with van der Waals surface area (Å²) in [6.07, 6.45) is 0.614. The van der Waals surface area contributed by atoms with Crippen LogP contribution in [0.4, 0.5) is 0 Å².